The van der Waals surface area contributed by atoms with Crippen LogP contribution >= 0.6 is 0 Å². The molecule has 0 amide bonds. The molecule has 0 bridgehead atoms. The fraction of sp³-hybridized carbons (Fsp3) is 0.381. The Hall–Kier alpha value is -2.16. The van der Waals surface area contributed by atoms with Crippen LogP contribution < -0.4 is 4.74 Å². The summed E-state index contributed by atoms with van der Waals surface area (Å²) < 4.78 is 18.3. The Morgan fingerprint density at radius 2 is 2.00 bits per heavy atom. The van der Waals surface area contributed by atoms with Crippen molar-refractivity contribution in [3.8, 4) is 5.75 Å². The number of halogens is 1. The van der Waals surface area contributed by atoms with Crippen molar-refractivity contribution in [3.05, 3.63) is 65.0 Å². The Morgan fingerprint density at radius 3 is 2.75 bits per heavy atom. The molecule has 0 N–H and O–H groups in total. The van der Waals surface area contributed by atoms with Crippen molar-refractivity contribution >= 4 is 5.78 Å². The zero-order valence-electron chi connectivity index (χ0n) is 14.1. The van der Waals surface area contributed by atoms with Gasteiger partial charge in [-0.3, -0.25) is 4.79 Å². The molecular formula is C21H23FO2. The van der Waals surface area contributed by atoms with Crippen LogP contribution in [0.2, 0.25) is 0 Å². The van der Waals surface area contributed by atoms with Gasteiger partial charge in [0.2, 0.25) is 0 Å². The largest absolute Gasteiger partial charge is 0.497 e. The summed E-state index contributed by atoms with van der Waals surface area (Å²) >= 11 is 0. The fourth-order valence-corrected chi connectivity index (χ4v) is 3.53. The molecule has 0 aliphatic heterocycles. The molecule has 3 heteroatoms. The van der Waals surface area contributed by atoms with Crippen molar-refractivity contribution in [1.29, 1.82) is 0 Å². The maximum absolute atomic E-state index is 12.9. The van der Waals surface area contributed by atoms with Crippen molar-refractivity contribution in [2.24, 2.45) is 0 Å². The van der Waals surface area contributed by atoms with Gasteiger partial charge < -0.3 is 4.74 Å². The summed E-state index contributed by atoms with van der Waals surface area (Å²) in [6.45, 7) is 0. The molecule has 0 fully saturated rings. The molecule has 0 saturated carbocycles. The highest BCUT2D eigenvalue weighted by Gasteiger charge is 2.23. The van der Waals surface area contributed by atoms with E-state index in [4.69, 9.17) is 4.74 Å². The van der Waals surface area contributed by atoms with E-state index < -0.39 is 0 Å². The highest BCUT2D eigenvalue weighted by atomic mass is 19.1. The lowest BCUT2D eigenvalue weighted by atomic mass is 9.79. The van der Waals surface area contributed by atoms with Crippen LogP contribution in [0.15, 0.2) is 42.5 Å². The maximum atomic E-state index is 12.9. The molecule has 1 aliphatic rings. The van der Waals surface area contributed by atoms with E-state index in [1.165, 1.54) is 23.3 Å². The Labute approximate surface area is 142 Å². The molecule has 24 heavy (non-hydrogen) atoms. The van der Waals surface area contributed by atoms with Crippen LogP contribution in [0.25, 0.3) is 0 Å². The summed E-state index contributed by atoms with van der Waals surface area (Å²) in [6.07, 6.45) is 5.05. The number of hydrogen-bond acceptors (Lipinski definition) is 2. The number of carbonyl (C=O) groups excluding carboxylic acids is 1. The van der Waals surface area contributed by atoms with Gasteiger partial charge in [0, 0.05) is 12.8 Å². The number of aryl methyl sites for hydroxylation is 2. The third-order valence-electron chi connectivity index (χ3n) is 4.87. The van der Waals surface area contributed by atoms with E-state index in [-0.39, 0.29) is 11.6 Å². The van der Waals surface area contributed by atoms with Crippen LogP contribution in [-0.2, 0) is 17.6 Å². The van der Waals surface area contributed by atoms with Gasteiger partial charge in [0.15, 0.2) is 0 Å². The molecule has 1 aliphatic carbocycles. The van der Waals surface area contributed by atoms with E-state index in [0.29, 0.717) is 25.2 Å². The third-order valence-corrected chi connectivity index (χ3v) is 4.87. The summed E-state index contributed by atoms with van der Waals surface area (Å²) in [5.41, 5.74) is 3.63. The van der Waals surface area contributed by atoms with Crippen molar-refractivity contribution in [3.63, 3.8) is 0 Å². The predicted octanol–water partition coefficient (Wildman–Crippen LogP) is 4.85. The van der Waals surface area contributed by atoms with E-state index >= 15 is 0 Å². The number of methoxy groups -OCH3 is 1. The van der Waals surface area contributed by atoms with Crippen LogP contribution in [0.4, 0.5) is 4.39 Å². The first-order valence-electron chi connectivity index (χ1n) is 8.58. The first-order valence-corrected chi connectivity index (χ1v) is 8.58. The first-order chi connectivity index (χ1) is 11.7. The molecule has 0 spiro atoms. The van der Waals surface area contributed by atoms with Gasteiger partial charge in [-0.15, -0.1) is 0 Å². The van der Waals surface area contributed by atoms with Crippen LogP contribution in [-0.4, -0.2) is 12.9 Å². The molecule has 2 aromatic rings. The Kier molecular flexibility index (Phi) is 5.29. The average Bonchev–Trinajstić information content (AvgIpc) is 2.61. The molecule has 2 aromatic carbocycles. The van der Waals surface area contributed by atoms with Gasteiger partial charge in [0.1, 0.15) is 17.3 Å². The fourth-order valence-electron chi connectivity index (χ4n) is 3.53. The number of ketones is 1. The molecule has 0 aromatic heterocycles. The second-order valence-electron chi connectivity index (χ2n) is 6.52. The van der Waals surface area contributed by atoms with E-state index in [2.05, 4.69) is 12.1 Å². The number of benzene rings is 2. The van der Waals surface area contributed by atoms with E-state index in [9.17, 15) is 9.18 Å². The SMILES string of the molecule is COc1ccc2c(c1)C(CC(=O)CCc1ccc(F)cc1)CCC2. The number of carbonyl (C=O) groups is 1. The zero-order valence-corrected chi connectivity index (χ0v) is 14.1. The summed E-state index contributed by atoms with van der Waals surface area (Å²) in [5.74, 6) is 1.20. The minimum Gasteiger partial charge on any atom is -0.497 e. The topological polar surface area (TPSA) is 26.3 Å². The maximum Gasteiger partial charge on any atom is 0.133 e. The number of rotatable bonds is 6. The predicted molar refractivity (Wildman–Crippen MR) is 93.0 cm³/mol. The summed E-state index contributed by atoms with van der Waals surface area (Å²) in [4.78, 5) is 12.4. The first kappa shape index (κ1) is 16.7. The molecule has 1 unspecified atom stereocenters. The number of fused-ring (bicyclic) bond motifs is 1. The Balaban J connectivity index is 1.62. The molecule has 3 rings (SSSR count). The van der Waals surface area contributed by atoms with Crippen LogP contribution in [0, 0.1) is 5.82 Å². The van der Waals surface area contributed by atoms with Gasteiger partial charge in [-0.05, 0) is 72.6 Å². The van der Waals surface area contributed by atoms with E-state index in [0.717, 1.165) is 30.6 Å². The Bertz CT molecular complexity index is 706. The van der Waals surface area contributed by atoms with Crippen molar-refractivity contribution in [2.45, 2.75) is 44.4 Å². The summed E-state index contributed by atoms with van der Waals surface area (Å²) in [7, 11) is 1.67. The van der Waals surface area contributed by atoms with Gasteiger partial charge in [-0.2, -0.15) is 0 Å². The third kappa shape index (κ3) is 4.02. The zero-order chi connectivity index (χ0) is 16.9. The molecule has 0 heterocycles. The monoisotopic (exact) mass is 326 g/mol. The van der Waals surface area contributed by atoms with Gasteiger partial charge in [0.05, 0.1) is 7.11 Å². The lowest BCUT2D eigenvalue weighted by Crippen LogP contribution is -2.14. The number of hydrogen-bond donors (Lipinski definition) is 0. The highest BCUT2D eigenvalue weighted by molar-refractivity contribution is 5.79. The molecule has 2 nitrogen and oxygen atoms in total. The van der Waals surface area contributed by atoms with E-state index in [1.54, 1.807) is 19.2 Å². The lowest BCUT2D eigenvalue weighted by Gasteiger charge is -2.25. The van der Waals surface area contributed by atoms with Crippen molar-refractivity contribution < 1.29 is 13.9 Å². The molecule has 0 saturated heterocycles. The van der Waals surface area contributed by atoms with Crippen molar-refractivity contribution in [2.75, 3.05) is 7.11 Å². The van der Waals surface area contributed by atoms with Gasteiger partial charge in [0.25, 0.3) is 0 Å². The van der Waals surface area contributed by atoms with Gasteiger partial charge in [-0.1, -0.05) is 18.2 Å². The van der Waals surface area contributed by atoms with E-state index in [1.807, 2.05) is 6.07 Å². The number of Topliss-reactive ketones (excluding diaryl/α,β-unsaturated/α-hetero) is 1. The lowest BCUT2D eigenvalue weighted by molar-refractivity contribution is -0.119. The second-order valence-corrected chi connectivity index (χ2v) is 6.52. The van der Waals surface area contributed by atoms with Crippen molar-refractivity contribution in [1.82, 2.24) is 0 Å². The van der Waals surface area contributed by atoms with Crippen LogP contribution in [0.5, 0.6) is 5.75 Å². The van der Waals surface area contributed by atoms with Gasteiger partial charge in [-0.25, -0.2) is 4.39 Å². The van der Waals surface area contributed by atoms with Gasteiger partial charge >= 0.3 is 0 Å². The quantitative estimate of drug-likeness (QED) is 0.759. The molecular weight excluding hydrogens is 303 g/mol. The minimum atomic E-state index is -0.238. The average molecular weight is 326 g/mol. The Morgan fingerprint density at radius 1 is 1.21 bits per heavy atom. The minimum absolute atomic E-state index is 0.238. The van der Waals surface area contributed by atoms with Crippen LogP contribution in [0.3, 0.4) is 0 Å². The standard InChI is InChI=1S/C21H23FO2/c1-24-20-12-8-16-3-2-4-17(21(16)14-20)13-19(23)11-7-15-5-9-18(22)10-6-15/h5-6,8-10,12,14,17H,2-4,7,11,13H2,1H3. The normalized spacial score (nSPS) is 16.5. The smallest absolute Gasteiger partial charge is 0.133 e. The second kappa shape index (κ2) is 7.61. The highest BCUT2D eigenvalue weighted by Crippen LogP contribution is 2.36. The summed E-state index contributed by atoms with van der Waals surface area (Å²) in [6, 6.07) is 12.6. The molecule has 0 radical (unpaired) electrons. The van der Waals surface area contributed by atoms with Crippen LogP contribution in [0.1, 0.15) is 48.3 Å². The molecule has 126 valence electrons. The molecule has 1 atom stereocenters. The summed E-state index contributed by atoms with van der Waals surface area (Å²) in [5, 5.41) is 0. The number of ether oxygens (including phenoxy) is 1.